The van der Waals surface area contributed by atoms with Crippen molar-refractivity contribution in [1.82, 2.24) is 9.66 Å². The van der Waals surface area contributed by atoms with Crippen LogP contribution in [0.5, 0.6) is 5.75 Å². The van der Waals surface area contributed by atoms with Gasteiger partial charge in [-0.2, -0.15) is 9.78 Å². The number of halogens is 2. The molecule has 36 heavy (non-hydrogen) atoms. The highest BCUT2D eigenvalue weighted by atomic mass is 79.9. The number of hydrogen-bond donors (Lipinski definition) is 0. The van der Waals surface area contributed by atoms with Crippen LogP contribution in [0.15, 0.2) is 75.0 Å². The van der Waals surface area contributed by atoms with Crippen molar-refractivity contribution in [2.75, 3.05) is 19.0 Å². The van der Waals surface area contributed by atoms with Crippen molar-refractivity contribution in [3.63, 3.8) is 0 Å². The highest BCUT2D eigenvalue weighted by Crippen LogP contribution is 2.26. The van der Waals surface area contributed by atoms with Gasteiger partial charge >= 0.3 is 0 Å². The van der Waals surface area contributed by atoms with Crippen LogP contribution < -0.4 is 15.2 Å². The number of aromatic nitrogens is 2. The van der Waals surface area contributed by atoms with Crippen molar-refractivity contribution < 1.29 is 9.13 Å². The van der Waals surface area contributed by atoms with Gasteiger partial charge in [-0.1, -0.05) is 41.9 Å². The largest absolute Gasteiger partial charge is 0.488 e. The highest BCUT2D eigenvalue weighted by molar-refractivity contribution is 9.10. The molecule has 4 rings (SSSR count). The normalized spacial score (nSPS) is 12.3. The molecule has 0 fully saturated rings. The Hall–Kier alpha value is -3.52. The molecule has 0 aliphatic heterocycles. The van der Waals surface area contributed by atoms with Gasteiger partial charge in [-0.25, -0.2) is 9.37 Å². The van der Waals surface area contributed by atoms with E-state index in [9.17, 15) is 9.18 Å². The quantitative estimate of drug-likeness (QED) is 0.240. The van der Waals surface area contributed by atoms with Crippen molar-refractivity contribution in [2.24, 2.45) is 5.10 Å². The van der Waals surface area contributed by atoms with Crippen LogP contribution in [0.2, 0.25) is 0 Å². The zero-order chi connectivity index (χ0) is 25.8. The number of anilines is 1. The van der Waals surface area contributed by atoms with Gasteiger partial charge in [0.1, 0.15) is 24.0 Å². The molecule has 3 aromatic carbocycles. The maximum absolute atomic E-state index is 13.6. The van der Waals surface area contributed by atoms with E-state index in [-0.39, 0.29) is 23.9 Å². The zero-order valence-corrected chi connectivity index (χ0v) is 22.3. The Morgan fingerprint density at radius 2 is 1.97 bits per heavy atom. The SMILES string of the molecule is CC[C@H](C)c1nc2ccc(Br)cc2c(=O)n1N=Cc1ccc(N(C)C)cc1OCc1cccc(F)c1. The molecule has 0 aliphatic rings. The molecular weight excluding hydrogens is 523 g/mol. The van der Waals surface area contributed by atoms with E-state index in [1.807, 2.05) is 62.3 Å². The zero-order valence-electron chi connectivity index (χ0n) is 20.7. The van der Waals surface area contributed by atoms with E-state index in [2.05, 4.69) is 28.0 Å². The van der Waals surface area contributed by atoms with E-state index in [1.165, 1.54) is 16.8 Å². The van der Waals surface area contributed by atoms with Crippen LogP contribution >= 0.6 is 15.9 Å². The Balaban J connectivity index is 1.77. The molecular formula is C28H28BrFN4O2. The fraction of sp³-hybridized carbons (Fsp3) is 0.250. The lowest BCUT2D eigenvalue weighted by Crippen LogP contribution is -2.23. The number of benzene rings is 3. The van der Waals surface area contributed by atoms with Gasteiger partial charge < -0.3 is 9.64 Å². The smallest absolute Gasteiger partial charge is 0.282 e. The van der Waals surface area contributed by atoms with E-state index < -0.39 is 0 Å². The lowest BCUT2D eigenvalue weighted by molar-refractivity contribution is 0.305. The fourth-order valence-electron chi connectivity index (χ4n) is 3.72. The van der Waals surface area contributed by atoms with Crippen molar-refractivity contribution >= 4 is 38.7 Å². The van der Waals surface area contributed by atoms with Crippen LogP contribution in [0.1, 0.15) is 43.1 Å². The average Bonchev–Trinajstić information content (AvgIpc) is 2.87. The Labute approximate surface area is 218 Å². The van der Waals surface area contributed by atoms with Gasteiger partial charge in [-0.3, -0.25) is 4.79 Å². The number of nitrogens with zero attached hydrogens (tertiary/aromatic N) is 4. The molecule has 0 saturated carbocycles. The summed E-state index contributed by atoms with van der Waals surface area (Å²) in [6, 6.07) is 17.5. The maximum Gasteiger partial charge on any atom is 0.282 e. The van der Waals surface area contributed by atoms with E-state index in [0.717, 1.165) is 16.6 Å². The molecule has 4 aromatic rings. The number of ether oxygens (including phenoxy) is 1. The Morgan fingerprint density at radius 1 is 1.17 bits per heavy atom. The Bertz CT molecular complexity index is 1480. The third kappa shape index (κ3) is 5.65. The molecule has 1 heterocycles. The molecule has 0 amide bonds. The van der Waals surface area contributed by atoms with Crippen molar-refractivity contribution in [3.05, 3.63) is 98.3 Å². The molecule has 1 atom stereocenters. The second kappa shape index (κ2) is 11.0. The first-order chi connectivity index (χ1) is 17.3. The number of fused-ring (bicyclic) bond motifs is 1. The predicted molar refractivity (Wildman–Crippen MR) is 147 cm³/mol. The van der Waals surface area contributed by atoms with Gasteiger partial charge in [0.05, 0.1) is 17.1 Å². The first kappa shape index (κ1) is 25.6. The second-order valence-electron chi connectivity index (χ2n) is 8.84. The number of hydrogen-bond acceptors (Lipinski definition) is 5. The lowest BCUT2D eigenvalue weighted by atomic mass is 10.1. The van der Waals surface area contributed by atoms with E-state index >= 15 is 0 Å². The van der Waals surface area contributed by atoms with Gasteiger partial charge in [0.2, 0.25) is 0 Å². The van der Waals surface area contributed by atoms with Crippen LogP contribution in [-0.4, -0.2) is 30.0 Å². The van der Waals surface area contributed by atoms with E-state index in [0.29, 0.717) is 33.6 Å². The van der Waals surface area contributed by atoms with Crippen LogP contribution in [0.25, 0.3) is 10.9 Å². The predicted octanol–water partition coefficient (Wildman–Crippen LogP) is 6.34. The van der Waals surface area contributed by atoms with Gasteiger partial charge in [-0.05, 0) is 54.4 Å². The summed E-state index contributed by atoms with van der Waals surface area (Å²) in [5.74, 6) is 0.889. The summed E-state index contributed by atoms with van der Waals surface area (Å²) in [6.45, 7) is 4.27. The summed E-state index contributed by atoms with van der Waals surface area (Å²) in [6.07, 6.45) is 2.42. The minimum Gasteiger partial charge on any atom is -0.488 e. The molecule has 6 nitrogen and oxygen atoms in total. The molecule has 186 valence electrons. The molecule has 0 N–H and O–H groups in total. The molecule has 0 unspecified atom stereocenters. The summed E-state index contributed by atoms with van der Waals surface area (Å²) in [7, 11) is 3.88. The molecule has 0 radical (unpaired) electrons. The Morgan fingerprint density at radius 3 is 2.69 bits per heavy atom. The fourth-order valence-corrected chi connectivity index (χ4v) is 4.08. The Kier molecular flexibility index (Phi) is 7.84. The standard InChI is InChI=1S/C28H28BrFN4O2/c1-5-18(2)27-32-25-12-10-21(29)14-24(25)28(35)34(27)31-16-20-9-11-23(33(3)4)15-26(20)36-17-19-7-6-8-22(30)13-19/h6-16,18H,5,17H2,1-4H3/t18-/m0/s1. The molecule has 0 aliphatic carbocycles. The summed E-state index contributed by atoms with van der Waals surface area (Å²) in [4.78, 5) is 20.2. The topological polar surface area (TPSA) is 59.7 Å². The summed E-state index contributed by atoms with van der Waals surface area (Å²) >= 11 is 3.44. The maximum atomic E-state index is 13.6. The molecule has 0 saturated heterocycles. The van der Waals surface area contributed by atoms with Gasteiger partial charge in [0.25, 0.3) is 5.56 Å². The van der Waals surface area contributed by atoms with E-state index in [1.54, 1.807) is 18.3 Å². The van der Waals surface area contributed by atoms with Crippen LogP contribution in [-0.2, 0) is 6.61 Å². The first-order valence-corrected chi connectivity index (χ1v) is 12.5. The van der Waals surface area contributed by atoms with E-state index in [4.69, 9.17) is 9.72 Å². The highest BCUT2D eigenvalue weighted by Gasteiger charge is 2.16. The van der Waals surface area contributed by atoms with Gasteiger partial charge in [0.15, 0.2) is 0 Å². The lowest BCUT2D eigenvalue weighted by Gasteiger charge is -2.17. The van der Waals surface area contributed by atoms with Crippen LogP contribution in [0.4, 0.5) is 10.1 Å². The van der Waals surface area contributed by atoms with Crippen molar-refractivity contribution in [2.45, 2.75) is 32.8 Å². The summed E-state index contributed by atoms with van der Waals surface area (Å²) in [5.41, 5.74) is 2.75. The molecule has 0 spiro atoms. The van der Waals surface area contributed by atoms with Crippen molar-refractivity contribution in [3.8, 4) is 5.75 Å². The molecule has 1 aromatic heterocycles. The third-order valence-corrected chi connectivity index (χ3v) is 6.49. The van der Waals surface area contributed by atoms with Crippen LogP contribution in [0.3, 0.4) is 0 Å². The summed E-state index contributed by atoms with van der Waals surface area (Å²) < 4.78 is 21.9. The van der Waals surface area contributed by atoms with Crippen molar-refractivity contribution in [1.29, 1.82) is 0 Å². The number of rotatable bonds is 8. The second-order valence-corrected chi connectivity index (χ2v) is 9.75. The molecule has 8 heteroatoms. The molecule has 0 bridgehead atoms. The van der Waals surface area contributed by atoms with Crippen LogP contribution in [0, 0.1) is 5.82 Å². The monoisotopic (exact) mass is 550 g/mol. The average molecular weight is 551 g/mol. The minimum atomic E-state index is -0.313. The van der Waals surface area contributed by atoms with Gasteiger partial charge in [0, 0.05) is 41.8 Å². The minimum absolute atomic E-state index is 0.0303. The van der Waals surface area contributed by atoms with Gasteiger partial charge in [-0.15, -0.1) is 0 Å². The first-order valence-electron chi connectivity index (χ1n) is 11.7. The summed E-state index contributed by atoms with van der Waals surface area (Å²) in [5, 5.41) is 5.06. The third-order valence-electron chi connectivity index (χ3n) is 6.00.